The summed E-state index contributed by atoms with van der Waals surface area (Å²) in [7, 11) is 0. The number of halogens is 2. The van der Waals surface area contributed by atoms with E-state index in [9.17, 15) is 9.18 Å². The van der Waals surface area contributed by atoms with Crippen LogP contribution in [0.4, 0.5) is 26.5 Å². The summed E-state index contributed by atoms with van der Waals surface area (Å²) in [5.41, 5.74) is 8.88. The lowest BCUT2D eigenvalue weighted by molar-refractivity contribution is 0.262. The fraction of sp³-hybridized carbons (Fsp3) is 0.167. The number of nitrogens with one attached hydrogen (secondary N) is 2. The Labute approximate surface area is 201 Å². The average molecular weight is 480 g/mol. The van der Waals surface area contributed by atoms with E-state index in [-0.39, 0.29) is 22.2 Å². The number of urea groups is 1. The zero-order valence-corrected chi connectivity index (χ0v) is 19.6. The van der Waals surface area contributed by atoms with Crippen molar-refractivity contribution in [2.45, 2.75) is 26.3 Å². The second-order valence-electron chi connectivity index (χ2n) is 8.59. The first kappa shape index (κ1) is 23.2. The quantitative estimate of drug-likeness (QED) is 0.343. The van der Waals surface area contributed by atoms with Gasteiger partial charge in [0.1, 0.15) is 11.5 Å². The number of hydrogen-bond acceptors (Lipinski definition) is 5. The van der Waals surface area contributed by atoms with E-state index in [1.165, 1.54) is 12.1 Å². The average Bonchev–Trinajstić information content (AvgIpc) is 3.22. The van der Waals surface area contributed by atoms with Gasteiger partial charge in [-0.25, -0.2) is 19.2 Å². The Kier molecular flexibility index (Phi) is 6.21. The molecule has 2 heterocycles. The number of benzene rings is 2. The van der Waals surface area contributed by atoms with Gasteiger partial charge in [-0.05, 0) is 62.7 Å². The van der Waals surface area contributed by atoms with Crippen molar-refractivity contribution in [1.29, 1.82) is 0 Å². The van der Waals surface area contributed by atoms with Crippen LogP contribution in [0.25, 0.3) is 22.5 Å². The molecule has 2 aromatic heterocycles. The van der Waals surface area contributed by atoms with Crippen LogP contribution in [0, 0.1) is 5.82 Å². The smallest absolute Gasteiger partial charge is 0.323 e. The normalized spacial score (nSPS) is 11.3. The molecule has 0 spiro atoms. The van der Waals surface area contributed by atoms with Crippen molar-refractivity contribution >= 4 is 35.0 Å². The van der Waals surface area contributed by atoms with Crippen LogP contribution in [-0.2, 0) is 5.54 Å². The minimum absolute atomic E-state index is 0.0214. The largest absolute Gasteiger partial charge is 0.368 e. The molecule has 0 aliphatic rings. The third-order valence-corrected chi connectivity index (χ3v) is 5.16. The molecule has 174 valence electrons. The van der Waals surface area contributed by atoms with E-state index in [0.717, 1.165) is 17.2 Å². The number of nitrogens with two attached hydrogens (primary N) is 1. The van der Waals surface area contributed by atoms with Crippen LogP contribution in [0.2, 0.25) is 5.02 Å². The van der Waals surface area contributed by atoms with E-state index in [4.69, 9.17) is 22.4 Å². The Balaban J connectivity index is 1.65. The summed E-state index contributed by atoms with van der Waals surface area (Å²) >= 11 is 5.76. The van der Waals surface area contributed by atoms with Gasteiger partial charge in [-0.2, -0.15) is 5.10 Å². The zero-order valence-electron chi connectivity index (χ0n) is 18.8. The lowest BCUT2D eigenvalue weighted by atomic mass is 10.0. The van der Waals surface area contributed by atoms with E-state index in [2.05, 4.69) is 20.6 Å². The van der Waals surface area contributed by atoms with Crippen molar-refractivity contribution < 1.29 is 9.18 Å². The van der Waals surface area contributed by atoms with Crippen LogP contribution in [0.15, 0.2) is 60.9 Å². The molecule has 0 aliphatic heterocycles. The highest BCUT2D eigenvalue weighted by molar-refractivity contribution is 6.30. The number of nitrogens with zero attached hydrogens (tertiary/aromatic N) is 4. The molecule has 0 saturated heterocycles. The topological polar surface area (TPSA) is 111 Å². The standard InChI is InChI=1S/C24H23ClFN7O/c1-24(2,3)33-13-17(21(32-33)20-9-10-28-22(27)30-20)14-5-4-6-16(11-14)29-23(34)31-19-8-7-15(25)12-18(19)26/h4-13H,1-3H3,(H2,27,28,30)(H2,29,31,34). The summed E-state index contributed by atoms with van der Waals surface area (Å²) in [6.45, 7) is 6.13. The predicted octanol–water partition coefficient (Wildman–Crippen LogP) is 5.78. The van der Waals surface area contributed by atoms with Gasteiger partial charge in [-0.3, -0.25) is 4.68 Å². The minimum Gasteiger partial charge on any atom is -0.368 e. The number of nitrogen functional groups attached to an aromatic ring is 1. The molecule has 4 rings (SSSR count). The number of rotatable bonds is 4. The van der Waals surface area contributed by atoms with Gasteiger partial charge in [0.15, 0.2) is 0 Å². The third-order valence-electron chi connectivity index (χ3n) is 4.93. The number of carbonyl (C=O) groups excluding carboxylic acids is 1. The lowest BCUT2D eigenvalue weighted by Gasteiger charge is -2.18. The SMILES string of the molecule is CC(C)(C)n1cc(-c2cccc(NC(=O)Nc3ccc(Cl)cc3F)c2)c(-c2ccnc(N)n2)n1. The third kappa shape index (κ3) is 5.15. The molecular weight excluding hydrogens is 457 g/mol. The highest BCUT2D eigenvalue weighted by Crippen LogP contribution is 2.33. The van der Waals surface area contributed by atoms with E-state index in [0.29, 0.717) is 17.1 Å². The van der Waals surface area contributed by atoms with E-state index in [1.54, 1.807) is 30.5 Å². The number of hydrogen-bond donors (Lipinski definition) is 3. The van der Waals surface area contributed by atoms with E-state index in [1.807, 2.05) is 37.7 Å². The van der Waals surface area contributed by atoms with Gasteiger partial charge >= 0.3 is 6.03 Å². The van der Waals surface area contributed by atoms with Gasteiger partial charge in [0.05, 0.1) is 16.9 Å². The van der Waals surface area contributed by atoms with Gasteiger partial charge in [0.2, 0.25) is 5.95 Å². The number of anilines is 3. The molecule has 34 heavy (non-hydrogen) atoms. The summed E-state index contributed by atoms with van der Waals surface area (Å²) in [6.07, 6.45) is 3.51. The summed E-state index contributed by atoms with van der Waals surface area (Å²) in [5.74, 6) is -0.477. The molecular formula is C24H23ClFN7O. The molecule has 10 heteroatoms. The fourth-order valence-electron chi connectivity index (χ4n) is 3.26. The molecule has 0 atom stereocenters. The van der Waals surface area contributed by atoms with E-state index >= 15 is 0 Å². The van der Waals surface area contributed by atoms with Crippen molar-refractivity contribution in [3.63, 3.8) is 0 Å². The van der Waals surface area contributed by atoms with Gasteiger partial charge in [0, 0.05) is 28.7 Å². The molecule has 4 N–H and O–H groups in total. The monoisotopic (exact) mass is 479 g/mol. The first-order valence-electron chi connectivity index (χ1n) is 10.4. The first-order chi connectivity index (χ1) is 16.1. The van der Waals surface area contributed by atoms with Crippen molar-refractivity contribution in [2.75, 3.05) is 16.4 Å². The molecule has 8 nitrogen and oxygen atoms in total. The molecule has 0 radical (unpaired) electrons. The summed E-state index contributed by atoms with van der Waals surface area (Å²) in [5, 5.41) is 10.2. The number of amides is 2. The van der Waals surface area contributed by atoms with Crippen LogP contribution < -0.4 is 16.4 Å². The summed E-state index contributed by atoms with van der Waals surface area (Å²) in [4.78, 5) is 20.7. The summed E-state index contributed by atoms with van der Waals surface area (Å²) < 4.78 is 15.9. The second kappa shape index (κ2) is 9.11. The van der Waals surface area contributed by atoms with Crippen LogP contribution in [0.3, 0.4) is 0 Å². The van der Waals surface area contributed by atoms with Crippen molar-refractivity contribution in [1.82, 2.24) is 19.7 Å². The molecule has 2 amide bonds. The van der Waals surface area contributed by atoms with Crippen LogP contribution >= 0.6 is 11.6 Å². The molecule has 0 unspecified atom stereocenters. The van der Waals surface area contributed by atoms with Crippen LogP contribution in [-0.4, -0.2) is 25.8 Å². The zero-order chi connectivity index (χ0) is 24.5. The highest BCUT2D eigenvalue weighted by Gasteiger charge is 2.21. The van der Waals surface area contributed by atoms with Crippen LogP contribution in [0.1, 0.15) is 20.8 Å². The molecule has 0 fully saturated rings. The van der Waals surface area contributed by atoms with Crippen LogP contribution in [0.5, 0.6) is 0 Å². The Morgan fingerprint density at radius 1 is 1.12 bits per heavy atom. The molecule has 0 aliphatic carbocycles. The Bertz CT molecular complexity index is 1360. The highest BCUT2D eigenvalue weighted by atomic mass is 35.5. The summed E-state index contributed by atoms with van der Waals surface area (Å²) in [6, 6.07) is 12.4. The maximum atomic E-state index is 14.0. The lowest BCUT2D eigenvalue weighted by Crippen LogP contribution is -2.22. The predicted molar refractivity (Wildman–Crippen MR) is 132 cm³/mol. The van der Waals surface area contributed by atoms with Crippen molar-refractivity contribution in [2.24, 2.45) is 0 Å². The maximum absolute atomic E-state index is 14.0. The van der Waals surface area contributed by atoms with Gasteiger partial charge < -0.3 is 16.4 Å². The first-order valence-corrected chi connectivity index (χ1v) is 10.8. The Morgan fingerprint density at radius 2 is 1.91 bits per heavy atom. The Hall–Kier alpha value is -3.98. The second-order valence-corrected chi connectivity index (χ2v) is 9.03. The van der Waals surface area contributed by atoms with Crippen molar-refractivity contribution in [3.8, 4) is 22.5 Å². The maximum Gasteiger partial charge on any atom is 0.323 e. The molecule has 0 saturated carbocycles. The molecule has 4 aromatic rings. The molecule has 0 bridgehead atoms. The number of aromatic nitrogens is 4. The molecule has 2 aromatic carbocycles. The number of carbonyl (C=O) groups is 1. The van der Waals surface area contributed by atoms with E-state index < -0.39 is 11.8 Å². The van der Waals surface area contributed by atoms with Gasteiger partial charge in [-0.15, -0.1) is 0 Å². The minimum atomic E-state index is -0.625. The van der Waals surface area contributed by atoms with Crippen molar-refractivity contribution in [3.05, 3.63) is 71.8 Å². The van der Waals surface area contributed by atoms with Gasteiger partial charge in [-0.1, -0.05) is 23.7 Å². The van der Waals surface area contributed by atoms with Gasteiger partial charge in [0.25, 0.3) is 0 Å². The Morgan fingerprint density at radius 3 is 2.62 bits per heavy atom. The fourth-order valence-corrected chi connectivity index (χ4v) is 3.42.